The number of nitrogen functional groups attached to an aromatic ring is 1. The number of ether oxygens (including phenoxy) is 1. The van der Waals surface area contributed by atoms with Gasteiger partial charge in [-0.05, 0) is 25.5 Å². The minimum Gasteiger partial charge on any atom is -0.382 e. The predicted octanol–water partition coefficient (Wildman–Crippen LogP) is 2.60. The highest BCUT2D eigenvalue weighted by Gasteiger charge is 2.30. The normalized spacial score (nSPS) is 21.8. The second-order valence-electron chi connectivity index (χ2n) is 5.48. The molecule has 2 atom stereocenters. The molecule has 21 heavy (non-hydrogen) atoms. The molecule has 0 saturated carbocycles. The fourth-order valence-corrected chi connectivity index (χ4v) is 3.09. The van der Waals surface area contributed by atoms with Gasteiger partial charge in [-0.15, -0.1) is 0 Å². The van der Waals surface area contributed by atoms with Crippen LogP contribution < -0.4 is 5.73 Å². The molecule has 0 aliphatic carbocycles. The molecule has 0 spiro atoms. The Bertz CT molecular complexity index is 841. The number of hydrogen-bond donors (Lipinski definition) is 1. The van der Waals surface area contributed by atoms with Crippen molar-refractivity contribution in [3.63, 3.8) is 0 Å². The summed E-state index contributed by atoms with van der Waals surface area (Å²) < 4.78 is 8.10. The van der Waals surface area contributed by atoms with Gasteiger partial charge in [0.15, 0.2) is 5.82 Å². The second kappa shape index (κ2) is 4.39. The Morgan fingerprint density at radius 1 is 1.38 bits per heavy atom. The maximum atomic E-state index is 6.11. The van der Waals surface area contributed by atoms with Crippen molar-refractivity contribution < 1.29 is 4.74 Å². The number of aromatic nitrogens is 4. The van der Waals surface area contributed by atoms with Gasteiger partial charge in [0.05, 0.1) is 18.2 Å². The molecule has 1 aliphatic rings. The first-order valence-corrected chi connectivity index (χ1v) is 7.24. The van der Waals surface area contributed by atoms with Crippen molar-refractivity contribution >= 4 is 27.9 Å². The van der Waals surface area contributed by atoms with Gasteiger partial charge < -0.3 is 15.0 Å². The van der Waals surface area contributed by atoms with Crippen molar-refractivity contribution in [1.82, 2.24) is 19.5 Å². The molecule has 1 unspecified atom stereocenters. The molecule has 6 heteroatoms. The Balaban J connectivity index is 2.18. The summed E-state index contributed by atoms with van der Waals surface area (Å²) in [5, 5.41) is 0. The molecule has 3 aromatic rings. The lowest BCUT2D eigenvalue weighted by Crippen LogP contribution is -2.25. The van der Waals surface area contributed by atoms with Gasteiger partial charge in [-0.25, -0.2) is 9.97 Å². The zero-order valence-corrected chi connectivity index (χ0v) is 12.1. The molecule has 6 nitrogen and oxygen atoms in total. The fraction of sp³-hybridized carbons (Fsp3) is 0.400. The van der Waals surface area contributed by atoms with E-state index in [1.54, 1.807) is 6.20 Å². The number of rotatable bonds is 1. The van der Waals surface area contributed by atoms with Crippen LogP contribution in [-0.2, 0) is 4.74 Å². The standard InChI is InChI=1S/C15H17N5O/c1-3-10-15-19-12-13(20(15)8(2)7-21-10)11-9(18-14(12)16)5-4-6-17-11/h4-6,8,10H,3,7H2,1-2H3,(H2,16,18)/t8-,10?/m0/s1. The van der Waals surface area contributed by atoms with E-state index < -0.39 is 0 Å². The molecule has 108 valence electrons. The first-order chi connectivity index (χ1) is 10.2. The first kappa shape index (κ1) is 12.5. The van der Waals surface area contributed by atoms with Crippen molar-refractivity contribution in [2.75, 3.05) is 12.3 Å². The summed E-state index contributed by atoms with van der Waals surface area (Å²) in [6.07, 6.45) is 2.67. The highest BCUT2D eigenvalue weighted by molar-refractivity contribution is 6.04. The molecule has 0 amide bonds. The Hall–Kier alpha value is -2.21. The Morgan fingerprint density at radius 3 is 3.05 bits per heavy atom. The smallest absolute Gasteiger partial charge is 0.152 e. The number of imidazole rings is 1. The molecular formula is C15H17N5O. The third kappa shape index (κ3) is 1.65. The zero-order chi connectivity index (χ0) is 14.6. The summed E-state index contributed by atoms with van der Waals surface area (Å²) in [7, 11) is 0. The maximum absolute atomic E-state index is 6.11. The van der Waals surface area contributed by atoms with E-state index in [1.165, 1.54) is 0 Å². The first-order valence-electron chi connectivity index (χ1n) is 7.24. The third-order valence-electron chi connectivity index (χ3n) is 4.07. The Kier molecular flexibility index (Phi) is 2.62. The van der Waals surface area contributed by atoms with Crippen LogP contribution in [0.3, 0.4) is 0 Å². The lowest BCUT2D eigenvalue weighted by molar-refractivity contribution is 0.0000440. The lowest BCUT2D eigenvalue weighted by Gasteiger charge is -2.28. The van der Waals surface area contributed by atoms with Gasteiger partial charge in [0, 0.05) is 6.20 Å². The number of nitrogens with zero attached hydrogens (tertiary/aromatic N) is 4. The Labute approximate surface area is 122 Å². The van der Waals surface area contributed by atoms with Crippen LogP contribution in [-0.4, -0.2) is 26.1 Å². The molecular weight excluding hydrogens is 266 g/mol. The minimum absolute atomic E-state index is 0.00626. The van der Waals surface area contributed by atoms with Gasteiger partial charge in [-0.1, -0.05) is 6.92 Å². The monoisotopic (exact) mass is 283 g/mol. The summed E-state index contributed by atoms with van der Waals surface area (Å²) in [6, 6.07) is 4.01. The van der Waals surface area contributed by atoms with E-state index in [1.807, 2.05) is 12.1 Å². The van der Waals surface area contributed by atoms with Gasteiger partial charge in [0.25, 0.3) is 0 Å². The van der Waals surface area contributed by atoms with Crippen LogP contribution in [0.15, 0.2) is 18.3 Å². The van der Waals surface area contributed by atoms with Gasteiger partial charge in [-0.2, -0.15) is 0 Å². The summed E-state index contributed by atoms with van der Waals surface area (Å²) in [5.74, 6) is 1.38. The number of anilines is 1. The molecule has 4 rings (SSSR count). The largest absolute Gasteiger partial charge is 0.382 e. The fourth-order valence-electron chi connectivity index (χ4n) is 3.09. The van der Waals surface area contributed by atoms with E-state index in [9.17, 15) is 0 Å². The topological polar surface area (TPSA) is 78.9 Å². The number of nitrogens with two attached hydrogens (primary N) is 1. The molecule has 0 radical (unpaired) electrons. The van der Waals surface area contributed by atoms with E-state index in [0.29, 0.717) is 12.4 Å². The van der Waals surface area contributed by atoms with E-state index in [4.69, 9.17) is 15.5 Å². The molecule has 1 aliphatic heterocycles. The predicted molar refractivity (Wildman–Crippen MR) is 80.9 cm³/mol. The molecule has 0 bridgehead atoms. The van der Waals surface area contributed by atoms with Gasteiger partial charge >= 0.3 is 0 Å². The zero-order valence-electron chi connectivity index (χ0n) is 12.1. The van der Waals surface area contributed by atoms with Gasteiger partial charge in [-0.3, -0.25) is 4.98 Å². The summed E-state index contributed by atoms with van der Waals surface area (Å²) in [5.41, 5.74) is 9.47. The van der Waals surface area contributed by atoms with Crippen molar-refractivity contribution in [2.24, 2.45) is 0 Å². The van der Waals surface area contributed by atoms with Crippen LogP contribution in [0, 0.1) is 0 Å². The summed E-state index contributed by atoms with van der Waals surface area (Å²) in [6.45, 7) is 4.90. The van der Waals surface area contributed by atoms with Gasteiger partial charge in [0.2, 0.25) is 0 Å². The van der Waals surface area contributed by atoms with Crippen LogP contribution in [0.4, 0.5) is 5.82 Å². The molecule has 0 aromatic carbocycles. The molecule has 2 N–H and O–H groups in total. The summed E-state index contributed by atoms with van der Waals surface area (Å²) in [4.78, 5) is 13.6. The molecule has 0 saturated heterocycles. The lowest BCUT2D eigenvalue weighted by atomic mass is 10.2. The van der Waals surface area contributed by atoms with E-state index in [-0.39, 0.29) is 12.1 Å². The molecule has 0 fully saturated rings. The van der Waals surface area contributed by atoms with Crippen molar-refractivity contribution in [3.8, 4) is 0 Å². The van der Waals surface area contributed by atoms with Gasteiger partial charge in [0.1, 0.15) is 28.5 Å². The van der Waals surface area contributed by atoms with E-state index in [2.05, 4.69) is 28.4 Å². The minimum atomic E-state index is 0.00626. The summed E-state index contributed by atoms with van der Waals surface area (Å²) >= 11 is 0. The number of pyridine rings is 2. The third-order valence-corrected chi connectivity index (χ3v) is 4.07. The average Bonchev–Trinajstić information content (AvgIpc) is 2.90. The van der Waals surface area contributed by atoms with Crippen LogP contribution in [0.2, 0.25) is 0 Å². The van der Waals surface area contributed by atoms with Crippen LogP contribution in [0.1, 0.15) is 38.2 Å². The van der Waals surface area contributed by atoms with Crippen LogP contribution >= 0.6 is 0 Å². The number of hydrogen-bond acceptors (Lipinski definition) is 5. The maximum Gasteiger partial charge on any atom is 0.152 e. The number of fused-ring (bicyclic) bond motifs is 5. The quantitative estimate of drug-likeness (QED) is 0.742. The Morgan fingerprint density at radius 2 is 2.24 bits per heavy atom. The van der Waals surface area contributed by atoms with Crippen LogP contribution in [0.5, 0.6) is 0 Å². The second-order valence-corrected chi connectivity index (χ2v) is 5.48. The SMILES string of the molecule is CCC1OC[C@H](C)n2c1nc1c(N)nc3cccnc3c12. The van der Waals surface area contributed by atoms with Crippen molar-refractivity contribution in [3.05, 3.63) is 24.2 Å². The van der Waals surface area contributed by atoms with Crippen molar-refractivity contribution in [1.29, 1.82) is 0 Å². The molecule has 4 heterocycles. The van der Waals surface area contributed by atoms with Crippen molar-refractivity contribution in [2.45, 2.75) is 32.4 Å². The van der Waals surface area contributed by atoms with Crippen LogP contribution in [0.25, 0.3) is 22.1 Å². The van der Waals surface area contributed by atoms with E-state index >= 15 is 0 Å². The highest BCUT2D eigenvalue weighted by atomic mass is 16.5. The molecule has 3 aromatic heterocycles. The average molecular weight is 283 g/mol. The highest BCUT2D eigenvalue weighted by Crippen LogP contribution is 2.36. The van der Waals surface area contributed by atoms with E-state index in [0.717, 1.165) is 34.3 Å².